The summed E-state index contributed by atoms with van der Waals surface area (Å²) in [6, 6.07) is 7.65. The zero-order valence-corrected chi connectivity index (χ0v) is 23.2. The summed E-state index contributed by atoms with van der Waals surface area (Å²) >= 11 is 10.9. The zero-order chi connectivity index (χ0) is 26.9. The van der Waals surface area contributed by atoms with Gasteiger partial charge in [-0.2, -0.15) is 13.1 Å². The van der Waals surface area contributed by atoms with Gasteiger partial charge in [0.1, 0.15) is 30.5 Å². The normalized spacial score (nSPS) is 22.6. The molecule has 6 N–H and O–H groups in total. The van der Waals surface area contributed by atoms with E-state index in [-0.39, 0.29) is 17.8 Å². The minimum absolute atomic E-state index is 0.0721. The van der Waals surface area contributed by atoms with E-state index in [1.54, 1.807) is 6.07 Å². The summed E-state index contributed by atoms with van der Waals surface area (Å²) in [4.78, 5) is 21.8. The molecule has 2 heterocycles. The lowest BCUT2D eigenvalue weighted by atomic mass is 10.0. The van der Waals surface area contributed by atoms with Crippen LogP contribution in [0.5, 0.6) is 0 Å². The second kappa shape index (κ2) is 11.4. The lowest BCUT2D eigenvalue weighted by Crippen LogP contribution is -2.38. The molecule has 0 unspecified atom stereocenters. The van der Waals surface area contributed by atoms with E-state index in [4.69, 9.17) is 21.5 Å². The van der Waals surface area contributed by atoms with Gasteiger partial charge in [-0.1, -0.05) is 39.7 Å². The molecular weight excluding hydrogens is 610 g/mol. The van der Waals surface area contributed by atoms with Gasteiger partial charge in [0, 0.05) is 29.7 Å². The first kappa shape index (κ1) is 28.0. The highest BCUT2D eigenvalue weighted by Crippen LogP contribution is 2.36. The molecule has 0 aliphatic heterocycles. The van der Waals surface area contributed by atoms with Gasteiger partial charge >= 0.3 is 10.3 Å². The van der Waals surface area contributed by atoms with E-state index in [2.05, 4.69) is 31.2 Å². The predicted octanol–water partition coefficient (Wildman–Crippen LogP) is 1.99. The number of anilines is 1. The number of benzene rings is 1. The van der Waals surface area contributed by atoms with Crippen LogP contribution < -0.4 is 15.8 Å². The highest BCUT2D eigenvalue weighted by Gasteiger charge is 2.44. The van der Waals surface area contributed by atoms with Gasteiger partial charge in [0.15, 0.2) is 0 Å². The zero-order valence-electron chi connectivity index (χ0n) is 19.2. The fourth-order valence-corrected chi connectivity index (χ4v) is 6.28. The standard InChI is InChI=1S/C22H23BrClN5O6S2/c1-26-37(33,34)35-15-7-14(19(31)20(15)32)29-22-13(8-27-9-28-22)18(30)16-6-12(21(24)36-16)17(25)10-3-2-4-11(23)5-10/h2-6,8-9,14-15,17,19-20,26,31-32H,7,25H2,1H3,(H,27,28,29)/t14-,15-,17+,19+,20+/m1/s1. The molecule has 11 nitrogen and oxygen atoms in total. The number of carbonyl (C=O) groups excluding carboxylic acids is 1. The number of carbonyl (C=O) groups is 1. The predicted molar refractivity (Wildman–Crippen MR) is 142 cm³/mol. The third-order valence-electron chi connectivity index (χ3n) is 5.89. The average Bonchev–Trinajstić information content (AvgIpc) is 3.38. The molecule has 4 rings (SSSR count). The fraction of sp³-hybridized carbons (Fsp3) is 0.318. The van der Waals surface area contributed by atoms with Crippen molar-refractivity contribution in [3.8, 4) is 0 Å². The summed E-state index contributed by atoms with van der Waals surface area (Å²) in [5, 5.41) is 23.7. The second-order valence-electron chi connectivity index (χ2n) is 8.25. The van der Waals surface area contributed by atoms with E-state index >= 15 is 0 Å². The molecule has 0 amide bonds. The summed E-state index contributed by atoms with van der Waals surface area (Å²) in [6.07, 6.45) is -1.62. The Morgan fingerprint density at radius 1 is 1.32 bits per heavy atom. The third-order valence-corrected chi connectivity index (χ3v) is 8.77. The Balaban J connectivity index is 1.56. The van der Waals surface area contributed by atoms with E-state index in [0.717, 1.165) is 28.4 Å². The molecule has 3 aromatic rings. The molecule has 1 aliphatic rings. The highest BCUT2D eigenvalue weighted by molar-refractivity contribution is 9.10. The smallest absolute Gasteiger partial charge is 0.335 e. The number of hydrogen-bond acceptors (Lipinski definition) is 11. The topological polar surface area (TPSA) is 177 Å². The quantitative estimate of drug-likeness (QED) is 0.219. The minimum atomic E-state index is -4.10. The fourth-order valence-electron chi connectivity index (χ4n) is 3.94. The number of nitrogens with two attached hydrogens (primary N) is 1. The number of hydrogen-bond donors (Lipinski definition) is 5. The molecule has 37 heavy (non-hydrogen) atoms. The number of nitrogens with one attached hydrogen (secondary N) is 2. The molecule has 198 valence electrons. The summed E-state index contributed by atoms with van der Waals surface area (Å²) < 4.78 is 31.6. The molecule has 15 heteroatoms. The highest BCUT2D eigenvalue weighted by atomic mass is 79.9. The lowest BCUT2D eigenvalue weighted by molar-refractivity contribution is -0.00882. The first-order valence-electron chi connectivity index (χ1n) is 10.9. The number of halogens is 2. The summed E-state index contributed by atoms with van der Waals surface area (Å²) in [6.45, 7) is 0. The van der Waals surface area contributed by atoms with Crippen molar-refractivity contribution in [1.82, 2.24) is 14.7 Å². The minimum Gasteiger partial charge on any atom is -0.388 e. The van der Waals surface area contributed by atoms with Gasteiger partial charge in [0.05, 0.1) is 26.9 Å². The monoisotopic (exact) mass is 631 g/mol. The van der Waals surface area contributed by atoms with Gasteiger partial charge in [-0.15, -0.1) is 11.3 Å². The van der Waals surface area contributed by atoms with Crippen molar-refractivity contribution in [3.63, 3.8) is 0 Å². The molecule has 0 radical (unpaired) electrons. The summed E-state index contributed by atoms with van der Waals surface area (Å²) in [7, 11) is -2.93. The van der Waals surface area contributed by atoms with Crippen molar-refractivity contribution in [2.24, 2.45) is 5.73 Å². The van der Waals surface area contributed by atoms with Crippen LogP contribution in [0.1, 0.15) is 38.8 Å². The molecule has 2 aromatic heterocycles. The van der Waals surface area contributed by atoms with E-state index in [9.17, 15) is 23.4 Å². The van der Waals surface area contributed by atoms with Crippen molar-refractivity contribution in [2.75, 3.05) is 12.4 Å². The molecule has 0 saturated heterocycles. The van der Waals surface area contributed by atoms with E-state index in [1.165, 1.54) is 12.5 Å². The van der Waals surface area contributed by atoms with Crippen LogP contribution in [0.3, 0.4) is 0 Å². The molecule has 1 fully saturated rings. The Kier molecular flexibility index (Phi) is 8.62. The lowest BCUT2D eigenvalue weighted by Gasteiger charge is -2.19. The van der Waals surface area contributed by atoms with Crippen LogP contribution in [0.4, 0.5) is 5.82 Å². The van der Waals surface area contributed by atoms with Gasteiger partial charge in [-0.3, -0.25) is 8.98 Å². The van der Waals surface area contributed by atoms with E-state index in [1.807, 2.05) is 29.0 Å². The molecule has 1 saturated carbocycles. The number of ketones is 1. The first-order valence-corrected chi connectivity index (χ1v) is 14.3. The first-order chi connectivity index (χ1) is 17.5. The largest absolute Gasteiger partial charge is 0.388 e. The van der Waals surface area contributed by atoms with Gasteiger partial charge in [-0.05, 0) is 23.8 Å². The van der Waals surface area contributed by atoms with Gasteiger partial charge < -0.3 is 21.3 Å². The van der Waals surface area contributed by atoms with Crippen molar-refractivity contribution >= 4 is 60.8 Å². The van der Waals surface area contributed by atoms with Crippen LogP contribution in [0, 0.1) is 0 Å². The SMILES string of the molecule is CNS(=O)(=O)O[C@@H]1C[C@@H](Nc2ncncc2C(=O)c2cc([C@@H](N)c3cccc(Br)c3)c(Cl)s2)[C@H](O)[C@H]1O. The number of aromatic nitrogens is 2. The maximum Gasteiger partial charge on any atom is 0.335 e. The van der Waals surface area contributed by atoms with Crippen LogP contribution in [-0.2, 0) is 14.5 Å². The number of nitrogens with zero attached hydrogens (tertiary/aromatic N) is 2. The Hall–Kier alpha value is -2.01. The van der Waals surface area contributed by atoms with Crippen molar-refractivity contribution in [2.45, 2.75) is 36.8 Å². The van der Waals surface area contributed by atoms with Crippen LogP contribution >= 0.6 is 38.9 Å². The second-order valence-corrected chi connectivity index (χ2v) is 12.3. The van der Waals surface area contributed by atoms with Crippen LogP contribution in [0.15, 0.2) is 47.3 Å². The van der Waals surface area contributed by atoms with Gasteiger partial charge in [0.2, 0.25) is 5.78 Å². The van der Waals surface area contributed by atoms with Crippen LogP contribution in [0.25, 0.3) is 0 Å². The Morgan fingerprint density at radius 2 is 2.08 bits per heavy atom. The maximum atomic E-state index is 13.4. The van der Waals surface area contributed by atoms with Gasteiger partial charge in [0.25, 0.3) is 0 Å². The van der Waals surface area contributed by atoms with Crippen molar-refractivity contribution < 1.29 is 27.6 Å². The molecule has 0 bridgehead atoms. The molecule has 5 atom stereocenters. The van der Waals surface area contributed by atoms with E-state index < -0.39 is 46.5 Å². The van der Waals surface area contributed by atoms with Crippen molar-refractivity contribution in [1.29, 1.82) is 0 Å². The maximum absolute atomic E-state index is 13.4. The van der Waals surface area contributed by atoms with Crippen LogP contribution in [0.2, 0.25) is 4.34 Å². The Labute approximate surface area is 230 Å². The molecule has 1 aromatic carbocycles. The van der Waals surface area contributed by atoms with E-state index in [0.29, 0.717) is 14.8 Å². The molecule has 0 spiro atoms. The van der Waals surface area contributed by atoms with Crippen molar-refractivity contribution in [3.05, 3.63) is 73.2 Å². The molecular formula is C22H23BrClN5O6S2. The Bertz CT molecular complexity index is 1410. The summed E-state index contributed by atoms with van der Waals surface area (Å²) in [5.41, 5.74) is 7.90. The number of aliphatic hydroxyl groups is 2. The molecule has 1 aliphatic carbocycles. The number of rotatable bonds is 9. The number of aliphatic hydroxyl groups excluding tert-OH is 2. The number of thiophene rings is 1. The van der Waals surface area contributed by atoms with Gasteiger partial charge in [-0.25, -0.2) is 9.97 Å². The van der Waals surface area contributed by atoms with Crippen LogP contribution in [-0.4, -0.2) is 65.8 Å². The third kappa shape index (κ3) is 6.19. The Morgan fingerprint density at radius 3 is 2.78 bits per heavy atom. The summed E-state index contributed by atoms with van der Waals surface area (Å²) in [5.74, 6) is -0.336. The average molecular weight is 633 g/mol.